The highest BCUT2D eigenvalue weighted by molar-refractivity contribution is 5.88. The molecule has 0 spiro atoms. The lowest BCUT2D eigenvalue weighted by Crippen LogP contribution is -2.44. The first-order valence-corrected chi connectivity index (χ1v) is 6.21. The van der Waals surface area contributed by atoms with Gasteiger partial charge in [0.1, 0.15) is 5.75 Å². The van der Waals surface area contributed by atoms with Crippen molar-refractivity contribution in [1.29, 1.82) is 0 Å². The van der Waals surface area contributed by atoms with E-state index in [1.807, 2.05) is 12.1 Å². The number of phenolic OH excluding ortho intramolecular Hbond substituents is 1. The molecule has 1 fully saturated rings. The molecule has 3 nitrogen and oxygen atoms in total. The molecule has 0 radical (unpaired) electrons. The summed E-state index contributed by atoms with van der Waals surface area (Å²) < 4.78 is 0. The Bertz CT molecular complexity index is 391. The number of carbonyl (C=O) groups is 1. The van der Waals surface area contributed by atoms with Crippen LogP contribution >= 0.6 is 0 Å². The second-order valence-corrected chi connectivity index (χ2v) is 4.77. The van der Waals surface area contributed by atoms with Crippen molar-refractivity contribution in [3.8, 4) is 5.75 Å². The predicted molar refractivity (Wildman–Crippen MR) is 66.9 cm³/mol. The third kappa shape index (κ3) is 2.14. The smallest absolute Gasteiger partial charge is 0.230 e. The molecular weight excluding hydrogens is 214 g/mol. The number of benzene rings is 1. The Kier molecular flexibility index (Phi) is 3.36. The lowest BCUT2D eigenvalue weighted by molar-refractivity contribution is -0.127. The Morgan fingerprint density at radius 2 is 1.76 bits per heavy atom. The number of likely N-dealkylation sites (N-methyl/N-ethyl adjacent to an activating group) is 1. The van der Waals surface area contributed by atoms with Gasteiger partial charge in [-0.05, 0) is 30.5 Å². The molecule has 0 saturated heterocycles. The summed E-state index contributed by atoms with van der Waals surface area (Å²) in [5.74, 6) is 0.347. The highest BCUT2D eigenvalue weighted by Gasteiger charge is 2.40. The Balaban J connectivity index is 2.38. The van der Waals surface area contributed by atoms with Crippen LogP contribution < -0.4 is 5.32 Å². The molecular formula is C14H19NO2. The standard InChI is InChI=1S/C14H19NO2/c1-15-13(17)14(9-3-2-4-10-14)11-5-7-12(16)8-6-11/h5-8,16H,2-4,9-10H2,1H3,(H,15,17). The molecule has 92 valence electrons. The van der Waals surface area contributed by atoms with Crippen LogP contribution in [0.25, 0.3) is 0 Å². The van der Waals surface area contributed by atoms with Crippen molar-refractivity contribution in [2.75, 3.05) is 7.05 Å². The fourth-order valence-electron chi connectivity index (χ4n) is 2.82. The minimum Gasteiger partial charge on any atom is -0.508 e. The van der Waals surface area contributed by atoms with Crippen LogP contribution in [0.1, 0.15) is 37.7 Å². The Labute approximate surface area is 102 Å². The summed E-state index contributed by atoms with van der Waals surface area (Å²) in [6.45, 7) is 0. The van der Waals surface area contributed by atoms with Gasteiger partial charge in [0, 0.05) is 7.05 Å². The third-order valence-electron chi connectivity index (χ3n) is 3.79. The van der Waals surface area contributed by atoms with E-state index in [0.29, 0.717) is 0 Å². The van der Waals surface area contributed by atoms with Crippen LogP contribution in [0.2, 0.25) is 0 Å². The number of hydrogen-bond donors (Lipinski definition) is 2. The average molecular weight is 233 g/mol. The summed E-state index contributed by atoms with van der Waals surface area (Å²) in [4.78, 5) is 12.2. The second kappa shape index (κ2) is 4.78. The fourth-order valence-corrected chi connectivity index (χ4v) is 2.82. The highest BCUT2D eigenvalue weighted by atomic mass is 16.3. The van der Waals surface area contributed by atoms with Gasteiger partial charge in [0.25, 0.3) is 0 Å². The van der Waals surface area contributed by atoms with E-state index < -0.39 is 0 Å². The molecule has 1 amide bonds. The Morgan fingerprint density at radius 3 is 2.29 bits per heavy atom. The summed E-state index contributed by atoms with van der Waals surface area (Å²) in [7, 11) is 1.69. The van der Waals surface area contributed by atoms with Gasteiger partial charge in [-0.1, -0.05) is 31.4 Å². The van der Waals surface area contributed by atoms with E-state index in [-0.39, 0.29) is 17.1 Å². The van der Waals surface area contributed by atoms with Crippen LogP contribution in [0, 0.1) is 0 Å². The number of phenols is 1. The Morgan fingerprint density at radius 1 is 1.18 bits per heavy atom. The van der Waals surface area contributed by atoms with Crippen molar-refractivity contribution < 1.29 is 9.90 Å². The van der Waals surface area contributed by atoms with E-state index in [4.69, 9.17) is 0 Å². The van der Waals surface area contributed by atoms with Gasteiger partial charge in [-0.3, -0.25) is 4.79 Å². The predicted octanol–water partition coefficient (Wildman–Crippen LogP) is 2.34. The zero-order chi connectivity index (χ0) is 12.3. The van der Waals surface area contributed by atoms with Gasteiger partial charge in [0.15, 0.2) is 0 Å². The van der Waals surface area contributed by atoms with Crippen LogP contribution in [0.3, 0.4) is 0 Å². The summed E-state index contributed by atoms with van der Waals surface area (Å²) in [6, 6.07) is 7.06. The first kappa shape index (κ1) is 12.0. The Hall–Kier alpha value is -1.51. The molecule has 0 atom stereocenters. The van der Waals surface area contributed by atoms with Crippen LogP contribution in [0.5, 0.6) is 5.75 Å². The molecule has 0 bridgehead atoms. The lowest BCUT2D eigenvalue weighted by atomic mass is 9.69. The highest BCUT2D eigenvalue weighted by Crippen LogP contribution is 2.40. The van der Waals surface area contributed by atoms with Crippen LogP contribution in [-0.4, -0.2) is 18.1 Å². The minimum absolute atomic E-state index is 0.0999. The van der Waals surface area contributed by atoms with Gasteiger partial charge in [-0.25, -0.2) is 0 Å². The van der Waals surface area contributed by atoms with Crippen LogP contribution in [0.15, 0.2) is 24.3 Å². The fraction of sp³-hybridized carbons (Fsp3) is 0.500. The molecule has 2 N–H and O–H groups in total. The molecule has 3 heteroatoms. The monoisotopic (exact) mass is 233 g/mol. The van der Waals surface area contributed by atoms with E-state index in [1.54, 1.807) is 19.2 Å². The van der Waals surface area contributed by atoms with Gasteiger partial charge in [-0.2, -0.15) is 0 Å². The van der Waals surface area contributed by atoms with Crippen molar-refractivity contribution in [3.05, 3.63) is 29.8 Å². The largest absolute Gasteiger partial charge is 0.508 e. The molecule has 17 heavy (non-hydrogen) atoms. The second-order valence-electron chi connectivity index (χ2n) is 4.77. The van der Waals surface area contributed by atoms with Gasteiger partial charge in [0.2, 0.25) is 5.91 Å². The zero-order valence-corrected chi connectivity index (χ0v) is 10.2. The number of nitrogens with one attached hydrogen (secondary N) is 1. The molecule has 0 aromatic heterocycles. The number of hydrogen-bond acceptors (Lipinski definition) is 2. The zero-order valence-electron chi connectivity index (χ0n) is 10.2. The maximum atomic E-state index is 12.2. The van der Waals surface area contributed by atoms with E-state index in [9.17, 15) is 9.90 Å². The summed E-state index contributed by atoms with van der Waals surface area (Å²) in [5, 5.41) is 12.1. The number of amides is 1. The van der Waals surface area contributed by atoms with Crippen molar-refractivity contribution >= 4 is 5.91 Å². The van der Waals surface area contributed by atoms with Gasteiger partial charge in [-0.15, -0.1) is 0 Å². The maximum absolute atomic E-state index is 12.2. The average Bonchev–Trinajstić information content (AvgIpc) is 2.39. The molecule has 1 aliphatic carbocycles. The first-order chi connectivity index (χ1) is 8.19. The van der Waals surface area contributed by atoms with Crippen LogP contribution in [-0.2, 0) is 10.2 Å². The van der Waals surface area contributed by atoms with Crippen LogP contribution in [0.4, 0.5) is 0 Å². The van der Waals surface area contributed by atoms with Gasteiger partial charge in [0.05, 0.1) is 5.41 Å². The van der Waals surface area contributed by atoms with Crippen molar-refractivity contribution in [2.45, 2.75) is 37.5 Å². The number of aromatic hydroxyl groups is 1. The van der Waals surface area contributed by atoms with Gasteiger partial charge < -0.3 is 10.4 Å². The molecule has 1 aromatic carbocycles. The molecule has 1 aromatic rings. The molecule has 0 aliphatic heterocycles. The quantitative estimate of drug-likeness (QED) is 0.823. The number of carbonyl (C=O) groups excluding carboxylic acids is 1. The summed E-state index contributed by atoms with van der Waals surface area (Å²) >= 11 is 0. The molecule has 0 unspecified atom stereocenters. The normalized spacial score (nSPS) is 18.6. The topological polar surface area (TPSA) is 49.3 Å². The van der Waals surface area contributed by atoms with Crippen molar-refractivity contribution in [2.24, 2.45) is 0 Å². The maximum Gasteiger partial charge on any atom is 0.230 e. The van der Waals surface area contributed by atoms with Crippen molar-refractivity contribution in [1.82, 2.24) is 5.32 Å². The summed E-state index contributed by atoms with van der Waals surface area (Å²) in [5.41, 5.74) is 0.634. The van der Waals surface area contributed by atoms with Gasteiger partial charge >= 0.3 is 0 Å². The molecule has 2 rings (SSSR count). The van der Waals surface area contributed by atoms with E-state index in [0.717, 1.165) is 31.2 Å². The van der Waals surface area contributed by atoms with E-state index in [1.165, 1.54) is 6.42 Å². The minimum atomic E-state index is -0.388. The first-order valence-electron chi connectivity index (χ1n) is 6.21. The molecule has 1 aliphatic rings. The SMILES string of the molecule is CNC(=O)C1(c2ccc(O)cc2)CCCCC1. The third-order valence-corrected chi connectivity index (χ3v) is 3.79. The van der Waals surface area contributed by atoms with E-state index in [2.05, 4.69) is 5.32 Å². The molecule has 1 saturated carbocycles. The van der Waals surface area contributed by atoms with Crippen molar-refractivity contribution in [3.63, 3.8) is 0 Å². The summed E-state index contributed by atoms with van der Waals surface area (Å²) in [6.07, 6.45) is 5.19. The number of rotatable bonds is 2. The van der Waals surface area contributed by atoms with E-state index >= 15 is 0 Å². The lowest BCUT2D eigenvalue weighted by Gasteiger charge is -2.36. The molecule has 0 heterocycles.